The molecule has 1 aromatic heterocycles. The van der Waals surface area contributed by atoms with Crippen LogP contribution in [0.5, 0.6) is 0 Å². The summed E-state index contributed by atoms with van der Waals surface area (Å²) < 4.78 is 0. The van der Waals surface area contributed by atoms with Crippen molar-refractivity contribution in [1.82, 2.24) is 4.98 Å². The van der Waals surface area contributed by atoms with Gasteiger partial charge in [-0.2, -0.15) is 0 Å². The van der Waals surface area contributed by atoms with E-state index >= 15 is 0 Å². The second kappa shape index (κ2) is 5.51. The zero-order valence-electron chi connectivity index (χ0n) is 11.1. The number of benzene rings is 1. The van der Waals surface area contributed by atoms with Crippen molar-refractivity contribution in [2.45, 2.75) is 19.9 Å². The number of pyridine rings is 1. The van der Waals surface area contributed by atoms with Crippen LogP contribution in [-0.2, 0) is 13.0 Å². The van der Waals surface area contributed by atoms with E-state index in [1.807, 2.05) is 13.0 Å². The quantitative estimate of drug-likeness (QED) is 0.831. The van der Waals surface area contributed by atoms with Crippen LogP contribution in [0.25, 0.3) is 0 Å². The Morgan fingerprint density at radius 2 is 2.20 bits per heavy atom. The van der Waals surface area contributed by atoms with Gasteiger partial charge in [0.05, 0.1) is 5.69 Å². The minimum absolute atomic E-state index is 0.413. The Labute approximate surface area is 128 Å². The zero-order chi connectivity index (χ0) is 14.1. The number of nitrogens with zero attached hydrogens (tertiary/aromatic N) is 1. The van der Waals surface area contributed by atoms with Gasteiger partial charge in [0.1, 0.15) is 5.15 Å². The lowest BCUT2D eigenvalue weighted by Gasteiger charge is -2.14. The number of halogens is 2. The van der Waals surface area contributed by atoms with E-state index in [1.165, 1.54) is 16.8 Å². The zero-order valence-corrected chi connectivity index (χ0v) is 12.6. The van der Waals surface area contributed by atoms with Crippen molar-refractivity contribution in [2.75, 3.05) is 17.2 Å². The standard InChI is InChI=1S/C15H15Cl2N3/c1-9-7-12(16)20-15(17)13(9)19-8-11-4-2-3-10-5-6-18-14(10)11/h2-4,7,18-19H,5-6,8H2,1H3. The lowest BCUT2D eigenvalue weighted by atomic mass is 10.1. The first-order valence-corrected chi connectivity index (χ1v) is 7.32. The molecule has 1 aromatic carbocycles. The number of para-hydroxylation sites is 1. The maximum atomic E-state index is 6.14. The van der Waals surface area contributed by atoms with E-state index in [-0.39, 0.29) is 0 Å². The van der Waals surface area contributed by atoms with Crippen molar-refractivity contribution >= 4 is 34.6 Å². The number of aryl methyl sites for hydroxylation is 1. The van der Waals surface area contributed by atoms with Gasteiger partial charge in [-0.25, -0.2) is 4.98 Å². The predicted octanol–water partition coefficient (Wildman–Crippen LogP) is 4.28. The number of aromatic nitrogens is 1. The van der Waals surface area contributed by atoms with E-state index in [1.54, 1.807) is 0 Å². The molecule has 2 heterocycles. The minimum atomic E-state index is 0.413. The summed E-state index contributed by atoms with van der Waals surface area (Å²) in [5.41, 5.74) is 5.70. The Morgan fingerprint density at radius 1 is 1.35 bits per heavy atom. The molecule has 3 nitrogen and oxygen atoms in total. The lowest BCUT2D eigenvalue weighted by Crippen LogP contribution is -2.05. The molecule has 104 valence electrons. The normalized spacial score (nSPS) is 12.9. The average Bonchev–Trinajstić information content (AvgIpc) is 2.86. The molecule has 0 amide bonds. The summed E-state index contributed by atoms with van der Waals surface area (Å²) >= 11 is 12.0. The van der Waals surface area contributed by atoms with Crippen molar-refractivity contribution < 1.29 is 0 Å². The molecular formula is C15H15Cl2N3. The van der Waals surface area contributed by atoms with Crippen LogP contribution in [-0.4, -0.2) is 11.5 Å². The van der Waals surface area contributed by atoms with E-state index in [9.17, 15) is 0 Å². The van der Waals surface area contributed by atoms with Crippen molar-refractivity contribution in [2.24, 2.45) is 0 Å². The molecule has 0 unspecified atom stereocenters. The fraction of sp³-hybridized carbons (Fsp3) is 0.267. The molecule has 1 aliphatic heterocycles. The molecule has 20 heavy (non-hydrogen) atoms. The van der Waals surface area contributed by atoms with Crippen molar-refractivity contribution in [1.29, 1.82) is 0 Å². The summed E-state index contributed by atoms with van der Waals surface area (Å²) in [6, 6.07) is 8.19. The first-order chi connectivity index (χ1) is 9.65. The Bertz CT molecular complexity index is 633. The summed E-state index contributed by atoms with van der Waals surface area (Å²) in [5, 5.41) is 7.62. The molecule has 0 aliphatic carbocycles. The first kappa shape index (κ1) is 13.5. The highest BCUT2D eigenvalue weighted by Crippen LogP contribution is 2.30. The molecule has 2 aromatic rings. The molecule has 0 spiro atoms. The summed E-state index contributed by atoms with van der Waals surface area (Å²) in [6.45, 7) is 3.68. The predicted molar refractivity (Wildman–Crippen MR) is 85.0 cm³/mol. The van der Waals surface area contributed by atoms with E-state index in [0.717, 1.165) is 24.2 Å². The molecule has 0 saturated carbocycles. The Kier molecular flexibility index (Phi) is 3.72. The maximum absolute atomic E-state index is 6.14. The van der Waals surface area contributed by atoms with Gasteiger partial charge in [-0.05, 0) is 36.1 Å². The molecule has 0 fully saturated rings. The topological polar surface area (TPSA) is 37.0 Å². The van der Waals surface area contributed by atoms with Gasteiger partial charge in [0.25, 0.3) is 0 Å². The number of hydrogen-bond acceptors (Lipinski definition) is 3. The molecule has 5 heteroatoms. The third-order valence-corrected chi connectivity index (χ3v) is 4.00. The van der Waals surface area contributed by atoms with Crippen molar-refractivity contribution in [3.8, 4) is 0 Å². The third kappa shape index (κ3) is 2.56. The smallest absolute Gasteiger partial charge is 0.154 e. The highest BCUT2D eigenvalue weighted by Gasteiger charge is 2.14. The van der Waals surface area contributed by atoms with E-state index in [4.69, 9.17) is 23.2 Å². The second-order valence-electron chi connectivity index (χ2n) is 4.91. The van der Waals surface area contributed by atoms with Crippen LogP contribution in [0.15, 0.2) is 24.3 Å². The van der Waals surface area contributed by atoms with Gasteiger partial charge in [-0.15, -0.1) is 0 Å². The lowest BCUT2D eigenvalue weighted by molar-refractivity contribution is 1.11. The second-order valence-corrected chi connectivity index (χ2v) is 5.65. The summed E-state index contributed by atoms with van der Waals surface area (Å²) in [5.74, 6) is 0. The van der Waals surface area contributed by atoms with Gasteiger partial charge >= 0.3 is 0 Å². The Hall–Kier alpha value is -1.45. The van der Waals surface area contributed by atoms with Gasteiger partial charge in [0.15, 0.2) is 5.15 Å². The number of hydrogen-bond donors (Lipinski definition) is 2. The van der Waals surface area contributed by atoms with Crippen LogP contribution >= 0.6 is 23.2 Å². The fourth-order valence-corrected chi connectivity index (χ4v) is 3.15. The summed E-state index contributed by atoms with van der Waals surface area (Å²) in [6.07, 6.45) is 1.09. The summed E-state index contributed by atoms with van der Waals surface area (Å²) in [7, 11) is 0. The number of anilines is 2. The molecule has 0 bridgehead atoms. The first-order valence-electron chi connectivity index (χ1n) is 6.56. The van der Waals surface area contributed by atoms with Crippen LogP contribution < -0.4 is 10.6 Å². The molecule has 0 radical (unpaired) electrons. The number of rotatable bonds is 3. The van der Waals surface area contributed by atoms with Crippen LogP contribution in [0.4, 0.5) is 11.4 Å². The highest BCUT2D eigenvalue weighted by atomic mass is 35.5. The van der Waals surface area contributed by atoms with Gasteiger partial charge in [-0.3, -0.25) is 0 Å². The molecule has 2 N–H and O–H groups in total. The highest BCUT2D eigenvalue weighted by molar-refractivity contribution is 6.34. The maximum Gasteiger partial charge on any atom is 0.154 e. The van der Waals surface area contributed by atoms with Gasteiger partial charge in [0, 0.05) is 18.8 Å². The molecule has 0 atom stereocenters. The van der Waals surface area contributed by atoms with Crippen molar-refractivity contribution in [3.63, 3.8) is 0 Å². The number of fused-ring (bicyclic) bond motifs is 1. The van der Waals surface area contributed by atoms with Crippen molar-refractivity contribution in [3.05, 3.63) is 51.3 Å². The molecule has 3 rings (SSSR count). The molecule has 1 aliphatic rings. The van der Waals surface area contributed by atoms with E-state index < -0.39 is 0 Å². The van der Waals surface area contributed by atoms with E-state index in [0.29, 0.717) is 16.9 Å². The van der Waals surface area contributed by atoms with Gasteiger partial charge in [-0.1, -0.05) is 41.4 Å². The van der Waals surface area contributed by atoms with Gasteiger partial charge in [0.2, 0.25) is 0 Å². The molecular weight excluding hydrogens is 293 g/mol. The fourth-order valence-electron chi connectivity index (χ4n) is 2.55. The Morgan fingerprint density at radius 3 is 3.00 bits per heavy atom. The minimum Gasteiger partial charge on any atom is -0.384 e. The SMILES string of the molecule is Cc1cc(Cl)nc(Cl)c1NCc1cccc2c1NCC2. The largest absolute Gasteiger partial charge is 0.384 e. The summed E-state index contributed by atoms with van der Waals surface area (Å²) in [4.78, 5) is 4.07. The van der Waals surface area contributed by atoms with E-state index in [2.05, 4.69) is 33.8 Å². The number of nitrogens with one attached hydrogen (secondary N) is 2. The van der Waals surface area contributed by atoms with Gasteiger partial charge < -0.3 is 10.6 Å². The van der Waals surface area contributed by atoms with Crippen LogP contribution in [0.2, 0.25) is 10.3 Å². The molecule has 0 saturated heterocycles. The third-order valence-electron chi connectivity index (χ3n) is 3.53. The Balaban J connectivity index is 1.83. The van der Waals surface area contributed by atoms with Crippen LogP contribution in [0, 0.1) is 6.92 Å². The average molecular weight is 308 g/mol. The van der Waals surface area contributed by atoms with Crippen LogP contribution in [0.3, 0.4) is 0 Å². The van der Waals surface area contributed by atoms with Crippen LogP contribution in [0.1, 0.15) is 16.7 Å². The monoisotopic (exact) mass is 307 g/mol.